The van der Waals surface area contributed by atoms with Gasteiger partial charge in [-0.2, -0.15) is 0 Å². The van der Waals surface area contributed by atoms with Crippen LogP contribution in [0.5, 0.6) is 5.88 Å². The molecule has 0 saturated carbocycles. The molecule has 0 fully saturated rings. The molecule has 3 heterocycles. The first-order valence-electron chi connectivity index (χ1n) is 6.75. The van der Waals surface area contributed by atoms with Crippen LogP contribution in [0.4, 0.5) is 0 Å². The van der Waals surface area contributed by atoms with Crippen molar-refractivity contribution in [2.75, 3.05) is 7.11 Å². The molecule has 1 atom stereocenters. The van der Waals surface area contributed by atoms with Crippen molar-refractivity contribution in [3.05, 3.63) is 48.1 Å². The van der Waals surface area contributed by atoms with Crippen LogP contribution in [-0.2, 0) is 0 Å². The van der Waals surface area contributed by atoms with Crippen molar-refractivity contribution in [1.82, 2.24) is 19.5 Å². The van der Waals surface area contributed by atoms with Gasteiger partial charge in [-0.1, -0.05) is 6.92 Å². The molecule has 3 rings (SSSR count). The Labute approximate surface area is 127 Å². The maximum Gasteiger partial charge on any atom is 0.212 e. The number of rotatable bonds is 5. The second-order valence-electron chi connectivity index (χ2n) is 4.59. The number of ether oxygens (including phenoxy) is 1. The van der Waals surface area contributed by atoms with Crippen LogP contribution in [0.15, 0.2) is 43.2 Å². The third-order valence-electron chi connectivity index (χ3n) is 3.32. The van der Waals surface area contributed by atoms with Crippen LogP contribution in [0.3, 0.4) is 0 Å². The summed E-state index contributed by atoms with van der Waals surface area (Å²) in [6.07, 6.45) is 10.4. The molecular formula is C15H16N4OS. The van der Waals surface area contributed by atoms with Crippen LogP contribution in [0.1, 0.15) is 24.3 Å². The number of aromatic nitrogens is 4. The SMILES string of the molecule is CCC(c1cnc(-c2ccc(OC)nc2)s1)n1ccnc1. The zero-order chi connectivity index (χ0) is 14.7. The fourth-order valence-electron chi connectivity index (χ4n) is 2.21. The number of hydrogen-bond donors (Lipinski definition) is 0. The minimum Gasteiger partial charge on any atom is -0.481 e. The van der Waals surface area contributed by atoms with Gasteiger partial charge in [-0.15, -0.1) is 11.3 Å². The van der Waals surface area contributed by atoms with Gasteiger partial charge < -0.3 is 9.30 Å². The van der Waals surface area contributed by atoms with Crippen molar-refractivity contribution in [3.63, 3.8) is 0 Å². The van der Waals surface area contributed by atoms with Crippen LogP contribution < -0.4 is 4.74 Å². The molecule has 0 saturated heterocycles. The fourth-order valence-corrected chi connectivity index (χ4v) is 3.31. The first-order chi connectivity index (χ1) is 10.3. The van der Waals surface area contributed by atoms with Crippen LogP contribution in [-0.4, -0.2) is 26.6 Å². The molecule has 3 aromatic rings. The van der Waals surface area contributed by atoms with E-state index < -0.39 is 0 Å². The second-order valence-corrected chi connectivity index (χ2v) is 5.65. The molecule has 0 amide bonds. The molecule has 21 heavy (non-hydrogen) atoms. The molecular weight excluding hydrogens is 284 g/mol. The first-order valence-corrected chi connectivity index (χ1v) is 7.57. The lowest BCUT2D eigenvalue weighted by Gasteiger charge is -2.13. The van der Waals surface area contributed by atoms with Gasteiger partial charge >= 0.3 is 0 Å². The number of pyridine rings is 1. The average molecular weight is 300 g/mol. The third-order valence-corrected chi connectivity index (χ3v) is 4.46. The molecule has 108 valence electrons. The summed E-state index contributed by atoms with van der Waals surface area (Å²) in [5.41, 5.74) is 1.01. The lowest BCUT2D eigenvalue weighted by atomic mass is 10.2. The van der Waals surface area contributed by atoms with E-state index >= 15 is 0 Å². The summed E-state index contributed by atoms with van der Waals surface area (Å²) in [4.78, 5) is 14.1. The molecule has 0 bridgehead atoms. The van der Waals surface area contributed by atoms with Crippen molar-refractivity contribution in [1.29, 1.82) is 0 Å². The van der Waals surface area contributed by atoms with Crippen molar-refractivity contribution in [3.8, 4) is 16.5 Å². The molecule has 0 aromatic carbocycles. The van der Waals surface area contributed by atoms with E-state index in [0.717, 1.165) is 17.0 Å². The summed E-state index contributed by atoms with van der Waals surface area (Å²) in [5, 5.41) is 0.971. The smallest absolute Gasteiger partial charge is 0.212 e. The van der Waals surface area contributed by atoms with E-state index in [4.69, 9.17) is 4.74 Å². The van der Waals surface area contributed by atoms with Crippen molar-refractivity contribution >= 4 is 11.3 Å². The Hall–Kier alpha value is -2.21. The molecule has 6 heteroatoms. The molecule has 0 radical (unpaired) electrons. The maximum atomic E-state index is 5.08. The fraction of sp³-hybridized carbons (Fsp3) is 0.267. The van der Waals surface area contributed by atoms with E-state index in [2.05, 4.69) is 26.4 Å². The molecule has 0 aliphatic rings. The highest BCUT2D eigenvalue weighted by molar-refractivity contribution is 7.15. The third kappa shape index (κ3) is 2.80. The van der Waals surface area contributed by atoms with Crippen LogP contribution in [0.25, 0.3) is 10.6 Å². The normalized spacial score (nSPS) is 12.3. The minimum absolute atomic E-state index is 0.282. The number of thiazole rings is 1. The van der Waals surface area contributed by atoms with Gasteiger partial charge in [0, 0.05) is 41.3 Å². The number of hydrogen-bond acceptors (Lipinski definition) is 5. The molecule has 0 N–H and O–H groups in total. The molecule has 0 spiro atoms. The molecule has 5 nitrogen and oxygen atoms in total. The lowest BCUT2D eigenvalue weighted by Crippen LogP contribution is -2.05. The second kappa shape index (κ2) is 6.05. The highest BCUT2D eigenvalue weighted by atomic mass is 32.1. The van der Waals surface area contributed by atoms with Gasteiger partial charge in [0.15, 0.2) is 0 Å². The summed E-state index contributed by atoms with van der Waals surface area (Å²) in [6, 6.07) is 4.11. The summed E-state index contributed by atoms with van der Waals surface area (Å²) in [5.74, 6) is 0.611. The first kappa shape index (κ1) is 13.8. The molecule has 0 aliphatic heterocycles. The van der Waals surface area contributed by atoms with E-state index in [1.807, 2.05) is 30.9 Å². The molecule has 1 unspecified atom stereocenters. The monoisotopic (exact) mass is 300 g/mol. The Kier molecular flexibility index (Phi) is 3.96. The zero-order valence-corrected chi connectivity index (χ0v) is 12.7. The van der Waals surface area contributed by atoms with E-state index in [-0.39, 0.29) is 6.04 Å². The van der Waals surface area contributed by atoms with Crippen LogP contribution >= 0.6 is 11.3 Å². The summed E-state index contributed by atoms with van der Waals surface area (Å²) < 4.78 is 7.19. The summed E-state index contributed by atoms with van der Waals surface area (Å²) >= 11 is 1.69. The van der Waals surface area contributed by atoms with Crippen LogP contribution in [0, 0.1) is 0 Å². The van der Waals surface area contributed by atoms with E-state index in [1.54, 1.807) is 30.8 Å². The Bertz CT molecular complexity index is 691. The van der Waals surface area contributed by atoms with Crippen molar-refractivity contribution in [2.24, 2.45) is 0 Å². The summed E-state index contributed by atoms with van der Waals surface area (Å²) in [7, 11) is 1.61. The van der Waals surface area contributed by atoms with Crippen LogP contribution in [0.2, 0.25) is 0 Å². The Morgan fingerprint density at radius 1 is 1.29 bits per heavy atom. The van der Waals surface area contributed by atoms with Crippen molar-refractivity contribution < 1.29 is 4.74 Å². The van der Waals surface area contributed by atoms with E-state index in [0.29, 0.717) is 5.88 Å². The number of nitrogens with zero attached hydrogens (tertiary/aromatic N) is 4. The highest BCUT2D eigenvalue weighted by Crippen LogP contribution is 2.32. The summed E-state index contributed by atoms with van der Waals surface area (Å²) in [6.45, 7) is 2.17. The van der Waals surface area contributed by atoms with Gasteiger partial charge in [0.05, 0.1) is 19.5 Å². The van der Waals surface area contributed by atoms with E-state index in [1.165, 1.54) is 4.88 Å². The predicted molar refractivity (Wildman–Crippen MR) is 82.6 cm³/mol. The number of methoxy groups -OCH3 is 1. The van der Waals surface area contributed by atoms with Gasteiger partial charge in [0.1, 0.15) is 5.01 Å². The van der Waals surface area contributed by atoms with Crippen molar-refractivity contribution in [2.45, 2.75) is 19.4 Å². The zero-order valence-electron chi connectivity index (χ0n) is 11.9. The minimum atomic E-state index is 0.282. The predicted octanol–water partition coefficient (Wildman–Crippen LogP) is 3.41. The van der Waals surface area contributed by atoms with Gasteiger partial charge in [-0.3, -0.25) is 0 Å². The van der Waals surface area contributed by atoms with Gasteiger partial charge in [0.2, 0.25) is 5.88 Å². The Morgan fingerprint density at radius 2 is 2.19 bits per heavy atom. The largest absolute Gasteiger partial charge is 0.481 e. The average Bonchev–Trinajstić information content (AvgIpc) is 3.20. The maximum absolute atomic E-state index is 5.08. The molecule has 3 aromatic heterocycles. The van der Waals surface area contributed by atoms with Gasteiger partial charge in [0.25, 0.3) is 0 Å². The quantitative estimate of drug-likeness (QED) is 0.724. The van der Waals surface area contributed by atoms with Gasteiger partial charge in [-0.25, -0.2) is 15.0 Å². The van der Waals surface area contributed by atoms with Gasteiger partial charge in [-0.05, 0) is 12.5 Å². The van der Waals surface area contributed by atoms with E-state index in [9.17, 15) is 0 Å². The molecule has 0 aliphatic carbocycles. The lowest BCUT2D eigenvalue weighted by molar-refractivity contribution is 0.398. The Balaban J connectivity index is 1.88. The topological polar surface area (TPSA) is 52.8 Å². The standard InChI is InChI=1S/C15H16N4OS/c1-3-12(19-7-6-16-10-19)13-9-18-15(21-13)11-4-5-14(20-2)17-8-11/h4-10,12H,3H2,1-2H3. The Morgan fingerprint density at radius 3 is 2.81 bits per heavy atom. The highest BCUT2D eigenvalue weighted by Gasteiger charge is 2.15. The number of imidazole rings is 1.